The zero-order valence-corrected chi connectivity index (χ0v) is 15.4. The molecule has 0 saturated heterocycles. The van der Waals surface area contributed by atoms with Crippen LogP contribution in [0.1, 0.15) is 20.7 Å². The van der Waals surface area contributed by atoms with Gasteiger partial charge in [-0.05, 0) is 41.5 Å². The zero-order chi connectivity index (χ0) is 19.1. The SMILES string of the molecule is O=C(NCCNC(=O)c1cccc(Cl)c1)c1ccc(-c2ccccc2)cc1. The van der Waals surface area contributed by atoms with Gasteiger partial charge in [-0.1, -0.05) is 60.1 Å². The summed E-state index contributed by atoms with van der Waals surface area (Å²) in [6, 6.07) is 24.1. The molecule has 27 heavy (non-hydrogen) atoms. The maximum absolute atomic E-state index is 12.2. The first-order valence-corrected chi connectivity index (χ1v) is 8.99. The third-order valence-corrected chi connectivity index (χ3v) is 4.27. The molecule has 3 aromatic carbocycles. The van der Waals surface area contributed by atoms with E-state index >= 15 is 0 Å². The number of amides is 2. The van der Waals surface area contributed by atoms with Gasteiger partial charge in [-0.25, -0.2) is 0 Å². The van der Waals surface area contributed by atoms with E-state index in [1.165, 1.54) is 0 Å². The molecule has 5 heteroatoms. The van der Waals surface area contributed by atoms with Crippen molar-refractivity contribution in [1.82, 2.24) is 10.6 Å². The van der Waals surface area contributed by atoms with Gasteiger partial charge in [0.1, 0.15) is 0 Å². The van der Waals surface area contributed by atoms with Gasteiger partial charge in [-0.3, -0.25) is 9.59 Å². The molecule has 0 atom stereocenters. The van der Waals surface area contributed by atoms with Gasteiger partial charge in [-0.15, -0.1) is 0 Å². The fourth-order valence-electron chi connectivity index (χ4n) is 2.63. The molecule has 0 aromatic heterocycles. The quantitative estimate of drug-likeness (QED) is 0.632. The molecule has 0 spiro atoms. The topological polar surface area (TPSA) is 58.2 Å². The Morgan fingerprint density at radius 3 is 1.89 bits per heavy atom. The van der Waals surface area contributed by atoms with Crippen LogP contribution in [0.4, 0.5) is 0 Å². The van der Waals surface area contributed by atoms with Crippen molar-refractivity contribution >= 4 is 23.4 Å². The van der Waals surface area contributed by atoms with Crippen LogP contribution in [0.5, 0.6) is 0 Å². The van der Waals surface area contributed by atoms with Crippen molar-refractivity contribution in [3.8, 4) is 11.1 Å². The van der Waals surface area contributed by atoms with Gasteiger partial charge >= 0.3 is 0 Å². The molecule has 0 fully saturated rings. The number of carbonyl (C=O) groups is 2. The van der Waals surface area contributed by atoms with Crippen molar-refractivity contribution < 1.29 is 9.59 Å². The summed E-state index contributed by atoms with van der Waals surface area (Å²) in [7, 11) is 0. The number of carbonyl (C=O) groups excluding carboxylic acids is 2. The maximum Gasteiger partial charge on any atom is 0.251 e. The van der Waals surface area contributed by atoms with Crippen LogP contribution < -0.4 is 10.6 Å². The summed E-state index contributed by atoms with van der Waals surface area (Å²) in [5.41, 5.74) is 3.23. The highest BCUT2D eigenvalue weighted by Crippen LogP contribution is 2.19. The van der Waals surface area contributed by atoms with Crippen LogP contribution in [-0.4, -0.2) is 24.9 Å². The van der Waals surface area contributed by atoms with Gasteiger partial charge in [-0.2, -0.15) is 0 Å². The molecule has 4 nitrogen and oxygen atoms in total. The largest absolute Gasteiger partial charge is 0.350 e. The monoisotopic (exact) mass is 378 g/mol. The Labute approximate surface area is 163 Å². The van der Waals surface area contributed by atoms with Crippen molar-refractivity contribution in [2.24, 2.45) is 0 Å². The van der Waals surface area contributed by atoms with E-state index in [2.05, 4.69) is 10.6 Å². The van der Waals surface area contributed by atoms with Crippen LogP contribution in [0, 0.1) is 0 Å². The average Bonchev–Trinajstić information content (AvgIpc) is 2.71. The van der Waals surface area contributed by atoms with Gasteiger partial charge in [0.15, 0.2) is 0 Å². The second-order valence-electron chi connectivity index (χ2n) is 5.97. The molecular weight excluding hydrogens is 360 g/mol. The molecule has 2 amide bonds. The van der Waals surface area contributed by atoms with Crippen LogP contribution in [0.2, 0.25) is 5.02 Å². The van der Waals surface area contributed by atoms with E-state index in [9.17, 15) is 9.59 Å². The predicted octanol–water partition coefficient (Wildman–Crippen LogP) is 4.17. The minimum Gasteiger partial charge on any atom is -0.350 e. The summed E-state index contributed by atoms with van der Waals surface area (Å²) in [5.74, 6) is -0.398. The Hall–Kier alpha value is -3.11. The van der Waals surface area contributed by atoms with Crippen molar-refractivity contribution in [2.45, 2.75) is 0 Å². The Balaban J connectivity index is 1.47. The minimum absolute atomic E-state index is 0.174. The number of halogens is 1. The molecule has 2 N–H and O–H groups in total. The Morgan fingerprint density at radius 2 is 1.26 bits per heavy atom. The molecule has 0 unspecified atom stereocenters. The summed E-state index contributed by atoms with van der Waals surface area (Å²) >= 11 is 5.87. The van der Waals surface area contributed by atoms with Crippen LogP contribution in [0.15, 0.2) is 78.9 Å². The number of nitrogens with one attached hydrogen (secondary N) is 2. The van der Waals surface area contributed by atoms with Gasteiger partial charge in [0.25, 0.3) is 11.8 Å². The fourth-order valence-corrected chi connectivity index (χ4v) is 2.82. The van der Waals surface area contributed by atoms with Gasteiger partial charge in [0.2, 0.25) is 0 Å². The molecule has 3 rings (SSSR count). The van der Waals surface area contributed by atoms with E-state index in [0.717, 1.165) is 11.1 Å². The van der Waals surface area contributed by atoms with E-state index in [4.69, 9.17) is 11.6 Å². The first-order valence-electron chi connectivity index (χ1n) is 8.61. The van der Waals surface area contributed by atoms with Crippen molar-refractivity contribution in [1.29, 1.82) is 0 Å². The molecule has 0 aliphatic carbocycles. The smallest absolute Gasteiger partial charge is 0.251 e. The lowest BCUT2D eigenvalue weighted by Gasteiger charge is -2.08. The van der Waals surface area contributed by atoms with Crippen molar-refractivity contribution in [3.63, 3.8) is 0 Å². The third-order valence-electron chi connectivity index (χ3n) is 4.04. The first-order chi connectivity index (χ1) is 13.1. The van der Waals surface area contributed by atoms with Gasteiger partial charge in [0, 0.05) is 29.2 Å². The number of hydrogen-bond donors (Lipinski definition) is 2. The van der Waals surface area contributed by atoms with Crippen LogP contribution in [0.3, 0.4) is 0 Å². The van der Waals surface area contributed by atoms with E-state index in [1.54, 1.807) is 36.4 Å². The molecule has 3 aromatic rings. The highest BCUT2D eigenvalue weighted by atomic mass is 35.5. The number of hydrogen-bond acceptors (Lipinski definition) is 2. The van der Waals surface area contributed by atoms with Crippen molar-refractivity contribution in [3.05, 3.63) is 95.0 Å². The normalized spacial score (nSPS) is 10.3. The summed E-state index contributed by atoms with van der Waals surface area (Å²) in [6.07, 6.45) is 0. The molecule has 0 saturated carbocycles. The molecule has 0 heterocycles. The Morgan fingerprint density at radius 1 is 0.667 bits per heavy atom. The lowest BCUT2D eigenvalue weighted by molar-refractivity contribution is 0.0927. The van der Waals surface area contributed by atoms with Crippen LogP contribution >= 0.6 is 11.6 Å². The highest BCUT2D eigenvalue weighted by molar-refractivity contribution is 6.30. The third kappa shape index (κ3) is 5.19. The van der Waals surface area contributed by atoms with E-state index < -0.39 is 0 Å². The average molecular weight is 379 g/mol. The minimum atomic E-state index is -0.223. The Kier molecular flexibility index (Phi) is 6.23. The molecule has 0 bridgehead atoms. The lowest BCUT2D eigenvalue weighted by Crippen LogP contribution is -2.34. The summed E-state index contributed by atoms with van der Waals surface area (Å²) in [4.78, 5) is 24.2. The molecule has 0 aliphatic heterocycles. The summed E-state index contributed by atoms with van der Waals surface area (Å²) in [5, 5.41) is 6.06. The number of benzene rings is 3. The van der Waals surface area contributed by atoms with Gasteiger partial charge in [0.05, 0.1) is 0 Å². The highest BCUT2D eigenvalue weighted by Gasteiger charge is 2.07. The van der Waals surface area contributed by atoms with Gasteiger partial charge < -0.3 is 10.6 Å². The zero-order valence-electron chi connectivity index (χ0n) is 14.6. The van der Waals surface area contributed by atoms with E-state index in [0.29, 0.717) is 29.2 Å². The number of rotatable bonds is 6. The van der Waals surface area contributed by atoms with Crippen LogP contribution in [-0.2, 0) is 0 Å². The second-order valence-corrected chi connectivity index (χ2v) is 6.40. The van der Waals surface area contributed by atoms with E-state index in [1.807, 2.05) is 42.5 Å². The van der Waals surface area contributed by atoms with Crippen molar-refractivity contribution in [2.75, 3.05) is 13.1 Å². The lowest BCUT2D eigenvalue weighted by atomic mass is 10.0. The maximum atomic E-state index is 12.2. The van der Waals surface area contributed by atoms with E-state index in [-0.39, 0.29) is 11.8 Å². The molecular formula is C22H19ClN2O2. The standard InChI is InChI=1S/C22H19ClN2O2/c23-20-8-4-7-19(15-20)22(27)25-14-13-24-21(26)18-11-9-17(10-12-18)16-5-2-1-3-6-16/h1-12,15H,13-14H2,(H,24,26)(H,25,27). The fraction of sp³-hybridized carbons (Fsp3) is 0.0909. The molecule has 0 aliphatic rings. The second kappa shape index (κ2) is 9.01. The first kappa shape index (κ1) is 18.7. The predicted molar refractivity (Wildman–Crippen MR) is 108 cm³/mol. The Bertz CT molecular complexity index is 925. The molecule has 0 radical (unpaired) electrons. The molecule has 136 valence electrons. The van der Waals surface area contributed by atoms with Crippen LogP contribution in [0.25, 0.3) is 11.1 Å². The summed E-state index contributed by atoms with van der Waals surface area (Å²) < 4.78 is 0. The summed E-state index contributed by atoms with van der Waals surface area (Å²) in [6.45, 7) is 0.671.